The minimum atomic E-state index is -0.710. The van der Waals surface area contributed by atoms with E-state index in [1.807, 2.05) is 12.2 Å². The molecule has 0 unspecified atom stereocenters. The maximum atomic E-state index is 10.1. The Labute approximate surface area is 67.2 Å². The summed E-state index contributed by atoms with van der Waals surface area (Å²) in [5.41, 5.74) is 0. The third-order valence-electron chi connectivity index (χ3n) is 1.28. The van der Waals surface area contributed by atoms with E-state index in [1.165, 1.54) is 0 Å². The first-order chi connectivity index (χ1) is 5.27. The van der Waals surface area contributed by atoms with Crippen LogP contribution in [-0.4, -0.2) is 11.1 Å². The van der Waals surface area contributed by atoms with Gasteiger partial charge < -0.3 is 5.11 Å². The molecule has 0 saturated carbocycles. The number of unbranched alkanes of at least 4 members (excludes halogenated alkanes) is 2. The van der Waals surface area contributed by atoms with E-state index >= 15 is 0 Å². The first-order valence-electron chi connectivity index (χ1n) is 3.76. The van der Waals surface area contributed by atoms with E-state index in [4.69, 9.17) is 5.11 Å². The number of hydrogen-bond acceptors (Lipinski definition) is 1. The number of carboxylic acids is 1. The van der Waals surface area contributed by atoms with Crippen LogP contribution in [0.5, 0.6) is 0 Å². The van der Waals surface area contributed by atoms with Crippen LogP contribution in [0.3, 0.4) is 0 Å². The number of rotatable bonds is 6. The number of carboxylic acid groups (broad SMARTS) is 1. The van der Waals surface area contributed by atoms with Crippen molar-refractivity contribution < 1.29 is 9.90 Å². The fourth-order valence-electron chi connectivity index (χ4n) is 0.731. The predicted octanol–water partition coefficient (Wildman–Crippen LogP) is 2.37. The van der Waals surface area contributed by atoms with E-state index in [2.05, 4.69) is 6.58 Å². The van der Waals surface area contributed by atoms with Crippen LogP contribution in [0.4, 0.5) is 0 Å². The summed E-state index contributed by atoms with van der Waals surface area (Å²) in [5.74, 6) is -0.710. The molecule has 2 heteroatoms. The van der Waals surface area contributed by atoms with Crippen molar-refractivity contribution in [2.24, 2.45) is 0 Å². The van der Waals surface area contributed by atoms with Gasteiger partial charge in [0.1, 0.15) is 0 Å². The molecule has 0 spiro atoms. The number of aliphatic carboxylic acids is 1. The average molecular weight is 154 g/mol. The van der Waals surface area contributed by atoms with E-state index in [0.717, 1.165) is 19.3 Å². The van der Waals surface area contributed by atoms with E-state index in [-0.39, 0.29) is 6.42 Å². The monoisotopic (exact) mass is 154 g/mol. The Morgan fingerprint density at radius 1 is 1.45 bits per heavy atom. The second-order valence-corrected chi connectivity index (χ2v) is 2.30. The van der Waals surface area contributed by atoms with Gasteiger partial charge >= 0.3 is 5.97 Å². The van der Waals surface area contributed by atoms with Crippen LogP contribution in [0.2, 0.25) is 0 Å². The SMILES string of the molecule is C=CC=CCCCCC(=O)O. The van der Waals surface area contributed by atoms with Gasteiger partial charge in [-0.15, -0.1) is 0 Å². The highest BCUT2D eigenvalue weighted by molar-refractivity contribution is 5.66. The zero-order valence-corrected chi connectivity index (χ0v) is 6.62. The number of allylic oxidation sites excluding steroid dienone is 3. The third-order valence-corrected chi connectivity index (χ3v) is 1.28. The lowest BCUT2D eigenvalue weighted by Gasteiger charge is -1.91. The highest BCUT2D eigenvalue weighted by atomic mass is 16.4. The summed E-state index contributed by atoms with van der Waals surface area (Å²) in [7, 11) is 0. The molecule has 0 aliphatic rings. The Morgan fingerprint density at radius 3 is 2.73 bits per heavy atom. The molecule has 11 heavy (non-hydrogen) atoms. The van der Waals surface area contributed by atoms with Crippen LogP contribution in [0.15, 0.2) is 24.8 Å². The maximum Gasteiger partial charge on any atom is 0.303 e. The van der Waals surface area contributed by atoms with Gasteiger partial charge in [0.05, 0.1) is 0 Å². The van der Waals surface area contributed by atoms with Crippen LogP contribution in [0.1, 0.15) is 25.7 Å². The van der Waals surface area contributed by atoms with Gasteiger partial charge in [0.2, 0.25) is 0 Å². The fourth-order valence-corrected chi connectivity index (χ4v) is 0.731. The Bertz CT molecular complexity index is 148. The molecule has 0 aromatic rings. The largest absolute Gasteiger partial charge is 0.481 e. The normalized spacial score (nSPS) is 10.2. The van der Waals surface area contributed by atoms with Crippen molar-refractivity contribution in [2.45, 2.75) is 25.7 Å². The molecule has 0 fully saturated rings. The van der Waals surface area contributed by atoms with Crippen LogP contribution in [-0.2, 0) is 4.79 Å². The summed E-state index contributed by atoms with van der Waals surface area (Å²) < 4.78 is 0. The van der Waals surface area contributed by atoms with Crippen LogP contribution < -0.4 is 0 Å². The molecule has 0 aromatic heterocycles. The van der Waals surface area contributed by atoms with Gasteiger partial charge in [-0.25, -0.2) is 0 Å². The molecule has 0 rings (SSSR count). The predicted molar refractivity (Wildman–Crippen MR) is 45.4 cm³/mol. The first kappa shape index (κ1) is 9.95. The van der Waals surface area contributed by atoms with Gasteiger partial charge in [0.15, 0.2) is 0 Å². The Hall–Kier alpha value is -1.05. The van der Waals surface area contributed by atoms with E-state index < -0.39 is 5.97 Å². The van der Waals surface area contributed by atoms with Crippen LogP contribution in [0.25, 0.3) is 0 Å². The Kier molecular flexibility index (Phi) is 6.39. The van der Waals surface area contributed by atoms with Crippen molar-refractivity contribution in [2.75, 3.05) is 0 Å². The zero-order chi connectivity index (χ0) is 8.53. The second kappa shape index (κ2) is 7.06. The Balaban J connectivity index is 3.08. The summed E-state index contributed by atoms with van der Waals surface area (Å²) in [6.45, 7) is 3.53. The lowest BCUT2D eigenvalue weighted by molar-refractivity contribution is -0.137. The molecule has 0 aliphatic carbocycles. The fraction of sp³-hybridized carbons (Fsp3) is 0.444. The number of hydrogen-bond donors (Lipinski definition) is 1. The molecule has 62 valence electrons. The highest BCUT2D eigenvalue weighted by Crippen LogP contribution is 2.00. The minimum absolute atomic E-state index is 0.280. The van der Waals surface area contributed by atoms with Crippen molar-refractivity contribution in [3.8, 4) is 0 Å². The van der Waals surface area contributed by atoms with Crippen LogP contribution in [0, 0.1) is 0 Å². The molecule has 0 saturated heterocycles. The van der Waals surface area contributed by atoms with Crippen molar-refractivity contribution >= 4 is 5.97 Å². The summed E-state index contributed by atoms with van der Waals surface area (Å²) in [6, 6.07) is 0. The zero-order valence-electron chi connectivity index (χ0n) is 6.62. The summed E-state index contributed by atoms with van der Waals surface area (Å²) in [5, 5.41) is 8.28. The molecule has 0 amide bonds. The smallest absolute Gasteiger partial charge is 0.303 e. The topological polar surface area (TPSA) is 37.3 Å². The molecule has 1 N–H and O–H groups in total. The van der Waals surface area contributed by atoms with Gasteiger partial charge in [-0.2, -0.15) is 0 Å². The van der Waals surface area contributed by atoms with Gasteiger partial charge in [0, 0.05) is 6.42 Å². The third kappa shape index (κ3) is 8.95. The van der Waals surface area contributed by atoms with Crippen molar-refractivity contribution in [3.05, 3.63) is 24.8 Å². The van der Waals surface area contributed by atoms with Gasteiger partial charge in [-0.05, 0) is 19.3 Å². The van der Waals surface area contributed by atoms with E-state index in [0.29, 0.717) is 0 Å². The lowest BCUT2D eigenvalue weighted by Crippen LogP contribution is -1.92. The Morgan fingerprint density at radius 2 is 2.18 bits per heavy atom. The van der Waals surface area contributed by atoms with Gasteiger partial charge in [-0.3, -0.25) is 4.79 Å². The quantitative estimate of drug-likeness (QED) is 0.471. The van der Waals surface area contributed by atoms with E-state index in [1.54, 1.807) is 6.08 Å². The minimum Gasteiger partial charge on any atom is -0.481 e. The molecule has 2 nitrogen and oxygen atoms in total. The standard InChI is InChI=1S/C9H14O2/c1-2-3-4-5-6-7-8-9(10)11/h2-4H,1,5-8H2,(H,10,11). The van der Waals surface area contributed by atoms with Crippen LogP contribution >= 0.6 is 0 Å². The van der Waals surface area contributed by atoms with Crippen molar-refractivity contribution in [1.29, 1.82) is 0 Å². The molecular weight excluding hydrogens is 140 g/mol. The second-order valence-electron chi connectivity index (χ2n) is 2.30. The lowest BCUT2D eigenvalue weighted by atomic mass is 10.2. The maximum absolute atomic E-state index is 10.1. The molecule has 0 aromatic carbocycles. The summed E-state index contributed by atoms with van der Waals surface area (Å²) in [6.07, 6.45) is 8.52. The molecular formula is C9H14O2. The summed E-state index contributed by atoms with van der Waals surface area (Å²) >= 11 is 0. The van der Waals surface area contributed by atoms with Gasteiger partial charge in [0.25, 0.3) is 0 Å². The van der Waals surface area contributed by atoms with Crippen molar-refractivity contribution in [3.63, 3.8) is 0 Å². The molecule has 0 heterocycles. The molecule has 0 radical (unpaired) electrons. The highest BCUT2D eigenvalue weighted by Gasteiger charge is 1.93. The summed E-state index contributed by atoms with van der Waals surface area (Å²) in [4.78, 5) is 10.1. The molecule has 0 bridgehead atoms. The number of carbonyl (C=O) groups is 1. The molecule has 0 aliphatic heterocycles. The van der Waals surface area contributed by atoms with Gasteiger partial charge in [-0.1, -0.05) is 24.8 Å². The molecule has 0 atom stereocenters. The first-order valence-corrected chi connectivity index (χ1v) is 3.76. The average Bonchev–Trinajstić information content (AvgIpc) is 1.96. The van der Waals surface area contributed by atoms with E-state index in [9.17, 15) is 4.79 Å². The van der Waals surface area contributed by atoms with Crippen molar-refractivity contribution in [1.82, 2.24) is 0 Å².